The number of halogens is 1. The first-order valence-corrected chi connectivity index (χ1v) is 5.96. The van der Waals surface area contributed by atoms with Crippen molar-refractivity contribution >= 4 is 5.91 Å². The second kappa shape index (κ2) is 6.96. The average Bonchev–Trinajstić information content (AvgIpc) is 2.39. The quantitative estimate of drug-likeness (QED) is 0.839. The highest BCUT2D eigenvalue weighted by atomic mass is 19.1. The van der Waals surface area contributed by atoms with Gasteiger partial charge in [0, 0.05) is 18.7 Å². The topological polar surface area (TPSA) is 55.6 Å². The molecular weight excluding hydrogens is 235 g/mol. The largest absolute Gasteiger partial charge is 0.494 e. The molecule has 0 aromatic heterocycles. The molecule has 0 saturated heterocycles. The van der Waals surface area contributed by atoms with E-state index >= 15 is 0 Å². The number of benzene rings is 1. The molecule has 0 atom stereocenters. The molecule has 5 heteroatoms. The SMILES string of the molecule is CCN(CCCN)C(=O)c1ccc(OC)c(F)c1. The highest BCUT2D eigenvalue weighted by Crippen LogP contribution is 2.18. The van der Waals surface area contributed by atoms with Crippen molar-refractivity contribution in [2.24, 2.45) is 5.73 Å². The lowest BCUT2D eigenvalue weighted by molar-refractivity contribution is 0.0763. The molecule has 0 heterocycles. The van der Waals surface area contributed by atoms with Crippen molar-refractivity contribution in [2.45, 2.75) is 13.3 Å². The summed E-state index contributed by atoms with van der Waals surface area (Å²) < 4.78 is 18.3. The molecule has 0 radical (unpaired) electrons. The molecule has 1 rings (SSSR count). The molecule has 0 spiro atoms. The van der Waals surface area contributed by atoms with E-state index in [-0.39, 0.29) is 11.7 Å². The summed E-state index contributed by atoms with van der Waals surface area (Å²) in [5.74, 6) is -0.581. The number of methoxy groups -OCH3 is 1. The molecule has 4 nitrogen and oxygen atoms in total. The summed E-state index contributed by atoms with van der Waals surface area (Å²) in [5, 5.41) is 0. The number of carbonyl (C=O) groups is 1. The summed E-state index contributed by atoms with van der Waals surface area (Å²) in [5.41, 5.74) is 5.74. The van der Waals surface area contributed by atoms with Gasteiger partial charge in [0.1, 0.15) is 0 Å². The van der Waals surface area contributed by atoms with Gasteiger partial charge in [-0.05, 0) is 38.1 Å². The molecule has 1 amide bonds. The molecule has 100 valence electrons. The van der Waals surface area contributed by atoms with Crippen LogP contribution in [0.3, 0.4) is 0 Å². The summed E-state index contributed by atoms with van der Waals surface area (Å²) in [6.45, 7) is 3.57. The summed E-state index contributed by atoms with van der Waals surface area (Å²) in [6, 6.07) is 4.22. The third-order valence-corrected chi connectivity index (χ3v) is 2.70. The van der Waals surface area contributed by atoms with E-state index < -0.39 is 5.82 Å². The number of ether oxygens (including phenoxy) is 1. The van der Waals surface area contributed by atoms with Crippen molar-refractivity contribution in [3.63, 3.8) is 0 Å². The summed E-state index contributed by atoms with van der Waals surface area (Å²) in [7, 11) is 1.39. The van der Waals surface area contributed by atoms with Crippen LogP contribution in [0, 0.1) is 5.82 Å². The van der Waals surface area contributed by atoms with Crippen molar-refractivity contribution in [2.75, 3.05) is 26.7 Å². The van der Waals surface area contributed by atoms with Crippen molar-refractivity contribution < 1.29 is 13.9 Å². The molecule has 18 heavy (non-hydrogen) atoms. The predicted octanol–water partition coefficient (Wildman–Crippen LogP) is 1.65. The van der Waals surface area contributed by atoms with Crippen LogP contribution in [0.2, 0.25) is 0 Å². The highest BCUT2D eigenvalue weighted by Gasteiger charge is 2.15. The Kier molecular flexibility index (Phi) is 5.58. The van der Waals surface area contributed by atoms with E-state index in [1.54, 1.807) is 11.0 Å². The number of hydrogen-bond acceptors (Lipinski definition) is 3. The van der Waals surface area contributed by atoms with E-state index in [9.17, 15) is 9.18 Å². The van der Waals surface area contributed by atoms with E-state index in [4.69, 9.17) is 10.5 Å². The predicted molar refractivity (Wildman–Crippen MR) is 68.2 cm³/mol. The van der Waals surface area contributed by atoms with Crippen LogP contribution in [0.4, 0.5) is 4.39 Å². The first-order valence-electron chi connectivity index (χ1n) is 5.96. The fraction of sp³-hybridized carbons (Fsp3) is 0.462. The minimum Gasteiger partial charge on any atom is -0.494 e. The molecule has 1 aromatic carbocycles. The van der Waals surface area contributed by atoms with E-state index in [2.05, 4.69) is 0 Å². The van der Waals surface area contributed by atoms with Gasteiger partial charge in [-0.3, -0.25) is 4.79 Å². The lowest BCUT2D eigenvalue weighted by Crippen LogP contribution is -2.32. The second-order valence-electron chi connectivity index (χ2n) is 3.88. The smallest absolute Gasteiger partial charge is 0.253 e. The van der Waals surface area contributed by atoms with Gasteiger partial charge in [-0.15, -0.1) is 0 Å². The average molecular weight is 254 g/mol. The van der Waals surface area contributed by atoms with Gasteiger partial charge >= 0.3 is 0 Å². The lowest BCUT2D eigenvalue weighted by Gasteiger charge is -2.20. The van der Waals surface area contributed by atoms with E-state index in [0.717, 1.165) is 6.42 Å². The number of amides is 1. The molecule has 0 aliphatic heterocycles. The van der Waals surface area contributed by atoms with Crippen LogP contribution in [0.15, 0.2) is 18.2 Å². The standard InChI is InChI=1S/C13H19FN2O2/c1-3-16(8-4-7-15)13(17)10-5-6-12(18-2)11(14)9-10/h5-6,9H,3-4,7-8,15H2,1-2H3. The zero-order chi connectivity index (χ0) is 13.5. The maximum atomic E-state index is 13.5. The van der Waals surface area contributed by atoms with Crippen LogP contribution in [0.5, 0.6) is 5.75 Å². The Balaban J connectivity index is 2.84. The Bertz CT molecular complexity index is 410. The van der Waals surface area contributed by atoms with Crippen molar-refractivity contribution in [3.8, 4) is 5.75 Å². The lowest BCUT2D eigenvalue weighted by atomic mass is 10.1. The molecule has 1 aromatic rings. The third kappa shape index (κ3) is 3.43. The monoisotopic (exact) mass is 254 g/mol. The van der Waals surface area contributed by atoms with Gasteiger partial charge in [-0.1, -0.05) is 0 Å². The Morgan fingerprint density at radius 2 is 2.22 bits per heavy atom. The molecule has 2 N–H and O–H groups in total. The van der Waals surface area contributed by atoms with E-state index in [1.807, 2.05) is 6.92 Å². The Morgan fingerprint density at radius 3 is 2.72 bits per heavy atom. The van der Waals surface area contributed by atoms with Crippen LogP contribution >= 0.6 is 0 Å². The molecule has 0 unspecified atom stereocenters. The normalized spacial score (nSPS) is 10.2. The third-order valence-electron chi connectivity index (χ3n) is 2.70. The number of rotatable bonds is 6. The van der Waals surface area contributed by atoms with Crippen LogP contribution in [-0.4, -0.2) is 37.6 Å². The van der Waals surface area contributed by atoms with Gasteiger partial charge in [0.15, 0.2) is 11.6 Å². The molecule has 0 aliphatic rings. The van der Waals surface area contributed by atoms with Gasteiger partial charge < -0.3 is 15.4 Å². The zero-order valence-corrected chi connectivity index (χ0v) is 10.8. The zero-order valence-electron chi connectivity index (χ0n) is 10.8. The maximum Gasteiger partial charge on any atom is 0.253 e. The van der Waals surface area contributed by atoms with Crippen molar-refractivity contribution in [3.05, 3.63) is 29.6 Å². The van der Waals surface area contributed by atoms with Crippen LogP contribution in [0.1, 0.15) is 23.7 Å². The molecular formula is C13H19FN2O2. The van der Waals surface area contributed by atoms with Gasteiger partial charge in [-0.25, -0.2) is 4.39 Å². The first-order chi connectivity index (χ1) is 8.63. The molecule has 0 aliphatic carbocycles. The van der Waals surface area contributed by atoms with Gasteiger partial charge in [0.2, 0.25) is 0 Å². The van der Waals surface area contributed by atoms with Crippen molar-refractivity contribution in [1.29, 1.82) is 0 Å². The fourth-order valence-electron chi connectivity index (χ4n) is 1.67. The van der Waals surface area contributed by atoms with Crippen LogP contribution in [0.25, 0.3) is 0 Å². The minimum absolute atomic E-state index is 0.136. The maximum absolute atomic E-state index is 13.5. The molecule has 0 fully saturated rings. The second-order valence-corrected chi connectivity index (χ2v) is 3.88. The van der Waals surface area contributed by atoms with Gasteiger partial charge in [0.05, 0.1) is 7.11 Å². The molecule has 0 bridgehead atoms. The number of nitrogens with two attached hydrogens (primary N) is 1. The Labute approximate surface area is 107 Å². The fourth-order valence-corrected chi connectivity index (χ4v) is 1.67. The summed E-state index contributed by atoms with van der Waals surface area (Å²) >= 11 is 0. The van der Waals surface area contributed by atoms with Crippen molar-refractivity contribution in [1.82, 2.24) is 4.90 Å². The van der Waals surface area contributed by atoms with E-state index in [1.165, 1.54) is 19.2 Å². The number of carbonyl (C=O) groups excluding carboxylic acids is 1. The number of hydrogen-bond donors (Lipinski definition) is 1. The summed E-state index contributed by atoms with van der Waals surface area (Å²) in [4.78, 5) is 13.8. The van der Waals surface area contributed by atoms with Gasteiger partial charge in [0.25, 0.3) is 5.91 Å². The van der Waals surface area contributed by atoms with Crippen LogP contribution < -0.4 is 10.5 Å². The Hall–Kier alpha value is -1.62. The highest BCUT2D eigenvalue weighted by molar-refractivity contribution is 5.94. The Morgan fingerprint density at radius 1 is 1.50 bits per heavy atom. The van der Waals surface area contributed by atoms with E-state index in [0.29, 0.717) is 25.2 Å². The first kappa shape index (κ1) is 14.4. The minimum atomic E-state index is -0.529. The van der Waals surface area contributed by atoms with Crippen LogP contribution in [-0.2, 0) is 0 Å². The van der Waals surface area contributed by atoms with Gasteiger partial charge in [-0.2, -0.15) is 0 Å². The number of nitrogens with zero attached hydrogens (tertiary/aromatic N) is 1. The molecule has 0 saturated carbocycles. The summed E-state index contributed by atoms with van der Waals surface area (Å²) in [6.07, 6.45) is 0.734.